The molecule has 1 aliphatic heterocycles. The fourth-order valence-electron chi connectivity index (χ4n) is 3.21. The highest BCUT2D eigenvalue weighted by Crippen LogP contribution is 2.41. The third kappa shape index (κ3) is 2.79. The normalized spacial score (nSPS) is 18.7. The maximum absolute atomic E-state index is 5.80. The molecular weight excluding hydrogens is 260 g/mol. The van der Waals surface area contributed by atoms with E-state index in [9.17, 15) is 0 Å². The van der Waals surface area contributed by atoms with E-state index >= 15 is 0 Å². The summed E-state index contributed by atoms with van der Waals surface area (Å²) in [5.74, 6) is 1.45. The van der Waals surface area contributed by atoms with Gasteiger partial charge in [0.15, 0.2) is 0 Å². The molecule has 0 saturated heterocycles. The lowest BCUT2D eigenvalue weighted by atomic mass is 9.82. The fourth-order valence-corrected chi connectivity index (χ4v) is 3.21. The monoisotopic (exact) mass is 282 g/mol. The quantitative estimate of drug-likeness (QED) is 0.930. The van der Waals surface area contributed by atoms with Crippen LogP contribution < -0.4 is 10.1 Å². The zero-order valence-electron chi connectivity index (χ0n) is 12.7. The summed E-state index contributed by atoms with van der Waals surface area (Å²) in [6, 6.07) is 10.8. The van der Waals surface area contributed by atoms with Gasteiger partial charge in [0.2, 0.25) is 0 Å². The van der Waals surface area contributed by atoms with Gasteiger partial charge in [-0.05, 0) is 48.7 Å². The highest BCUT2D eigenvalue weighted by molar-refractivity contribution is 5.41. The van der Waals surface area contributed by atoms with Gasteiger partial charge in [0.05, 0.1) is 6.61 Å². The summed E-state index contributed by atoms with van der Waals surface area (Å²) in [6.45, 7) is 6.04. The molecule has 1 N–H and O–H groups in total. The molecule has 0 saturated carbocycles. The number of pyridine rings is 1. The summed E-state index contributed by atoms with van der Waals surface area (Å²) in [7, 11) is 0. The fraction of sp³-hybridized carbons (Fsp3) is 0.389. The SMILES string of the molecule is CCNC(c1cnccc1C)C1CCOc2ccccc21. The van der Waals surface area contributed by atoms with Gasteiger partial charge in [0, 0.05) is 24.4 Å². The Hall–Kier alpha value is -1.87. The molecule has 2 unspecified atom stereocenters. The average molecular weight is 282 g/mol. The van der Waals surface area contributed by atoms with Crippen LogP contribution in [-0.2, 0) is 0 Å². The minimum Gasteiger partial charge on any atom is -0.493 e. The Morgan fingerprint density at radius 2 is 2.19 bits per heavy atom. The summed E-state index contributed by atoms with van der Waals surface area (Å²) in [5.41, 5.74) is 3.89. The van der Waals surface area contributed by atoms with Crippen molar-refractivity contribution >= 4 is 0 Å². The summed E-state index contributed by atoms with van der Waals surface area (Å²) in [5, 5.41) is 3.65. The molecule has 3 nitrogen and oxygen atoms in total. The predicted molar refractivity (Wildman–Crippen MR) is 84.7 cm³/mol. The number of hydrogen-bond acceptors (Lipinski definition) is 3. The number of benzene rings is 1. The van der Waals surface area contributed by atoms with Crippen LogP contribution in [0.25, 0.3) is 0 Å². The first-order valence-electron chi connectivity index (χ1n) is 7.67. The molecule has 0 bridgehead atoms. The first-order chi connectivity index (χ1) is 10.3. The molecule has 3 rings (SSSR count). The lowest BCUT2D eigenvalue weighted by Gasteiger charge is -2.33. The Kier molecular flexibility index (Phi) is 4.20. The number of aromatic nitrogens is 1. The zero-order valence-corrected chi connectivity index (χ0v) is 12.7. The van der Waals surface area contributed by atoms with Crippen LogP contribution in [0.4, 0.5) is 0 Å². The molecule has 1 aromatic heterocycles. The molecule has 0 fully saturated rings. The lowest BCUT2D eigenvalue weighted by Crippen LogP contribution is -2.31. The number of para-hydroxylation sites is 1. The molecule has 3 heteroatoms. The topological polar surface area (TPSA) is 34.2 Å². The van der Waals surface area contributed by atoms with Gasteiger partial charge in [-0.3, -0.25) is 4.98 Å². The Bertz CT molecular complexity index is 612. The third-order valence-corrected chi connectivity index (χ3v) is 4.25. The van der Waals surface area contributed by atoms with Crippen molar-refractivity contribution in [3.05, 3.63) is 59.4 Å². The molecule has 2 atom stereocenters. The Labute approximate surface area is 126 Å². The van der Waals surface area contributed by atoms with Gasteiger partial charge in [0.1, 0.15) is 5.75 Å². The molecule has 110 valence electrons. The van der Waals surface area contributed by atoms with Crippen molar-refractivity contribution in [3.63, 3.8) is 0 Å². The van der Waals surface area contributed by atoms with Crippen LogP contribution >= 0.6 is 0 Å². The molecule has 0 spiro atoms. The van der Waals surface area contributed by atoms with Gasteiger partial charge < -0.3 is 10.1 Å². The van der Waals surface area contributed by atoms with Crippen molar-refractivity contribution in [1.82, 2.24) is 10.3 Å². The number of ether oxygens (including phenoxy) is 1. The molecule has 0 aliphatic carbocycles. The second-order valence-corrected chi connectivity index (χ2v) is 5.55. The molecule has 1 aliphatic rings. The third-order valence-electron chi connectivity index (χ3n) is 4.25. The van der Waals surface area contributed by atoms with Crippen molar-refractivity contribution in [2.45, 2.75) is 32.2 Å². The molecular formula is C18H22N2O. The first-order valence-corrected chi connectivity index (χ1v) is 7.67. The number of nitrogens with one attached hydrogen (secondary N) is 1. The lowest BCUT2D eigenvalue weighted by molar-refractivity contribution is 0.246. The van der Waals surface area contributed by atoms with Crippen LogP contribution in [0.1, 0.15) is 42.0 Å². The summed E-state index contributed by atoms with van der Waals surface area (Å²) < 4.78 is 5.80. The molecule has 1 aromatic carbocycles. The van der Waals surface area contributed by atoms with Crippen molar-refractivity contribution in [2.75, 3.05) is 13.2 Å². The summed E-state index contributed by atoms with van der Waals surface area (Å²) >= 11 is 0. The van der Waals surface area contributed by atoms with E-state index in [-0.39, 0.29) is 6.04 Å². The van der Waals surface area contributed by atoms with Crippen LogP contribution in [0.2, 0.25) is 0 Å². The molecule has 2 heterocycles. The van der Waals surface area contributed by atoms with E-state index < -0.39 is 0 Å². The highest BCUT2D eigenvalue weighted by Gasteiger charge is 2.30. The maximum Gasteiger partial charge on any atom is 0.122 e. The number of rotatable bonds is 4. The van der Waals surface area contributed by atoms with Gasteiger partial charge in [-0.25, -0.2) is 0 Å². The van der Waals surface area contributed by atoms with E-state index in [0.29, 0.717) is 5.92 Å². The minimum atomic E-state index is 0.286. The van der Waals surface area contributed by atoms with Crippen LogP contribution in [0.15, 0.2) is 42.7 Å². The van der Waals surface area contributed by atoms with Crippen LogP contribution in [0.3, 0.4) is 0 Å². The van der Waals surface area contributed by atoms with Crippen LogP contribution in [0, 0.1) is 6.92 Å². The number of fused-ring (bicyclic) bond motifs is 1. The van der Waals surface area contributed by atoms with Gasteiger partial charge in [-0.1, -0.05) is 25.1 Å². The predicted octanol–water partition coefficient (Wildman–Crippen LogP) is 3.61. The van der Waals surface area contributed by atoms with E-state index in [1.807, 2.05) is 18.5 Å². The molecule has 21 heavy (non-hydrogen) atoms. The number of aryl methyl sites for hydroxylation is 1. The number of hydrogen-bond donors (Lipinski definition) is 1. The smallest absolute Gasteiger partial charge is 0.122 e. The van der Waals surface area contributed by atoms with E-state index in [1.54, 1.807) is 0 Å². The zero-order chi connectivity index (χ0) is 14.7. The van der Waals surface area contributed by atoms with Crippen LogP contribution in [0.5, 0.6) is 5.75 Å². The van der Waals surface area contributed by atoms with Gasteiger partial charge in [-0.15, -0.1) is 0 Å². The standard InChI is InChI=1S/C18H22N2O/c1-3-20-18(16-12-19-10-8-13(16)2)15-9-11-21-17-7-5-4-6-14(15)17/h4-8,10,12,15,18,20H,3,9,11H2,1-2H3. The molecule has 0 amide bonds. The van der Waals surface area contributed by atoms with E-state index in [1.165, 1.54) is 16.7 Å². The van der Waals surface area contributed by atoms with Crippen LogP contribution in [-0.4, -0.2) is 18.1 Å². The van der Waals surface area contributed by atoms with E-state index in [4.69, 9.17) is 4.74 Å². The van der Waals surface area contributed by atoms with Crippen molar-refractivity contribution in [2.24, 2.45) is 0 Å². The largest absolute Gasteiger partial charge is 0.493 e. The van der Waals surface area contributed by atoms with Gasteiger partial charge >= 0.3 is 0 Å². The van der Waals surface area contributed by atoms with Crippen molar-refractivity contribution in [1.29, 1.82) is 0 Å². The summed E-state index contributed by atoms with van der Waals surface area (Å²) in [4.78, 5) is 4.33. The molecule has 0 radical (unpaired) electrons. The summed E-state index contributed by atoms with van der Waals surface area (Å²) in [6.07, 6.45) is 4.89. The Morgan fingerprint density at radius 1 is 1.33 bits per heavy atom. The van der Waals surface area contributed by atoms with Gasteiger partial charge in [-0.2, -0.15) is 0 Å². The number of likely N-dealkylation sites (N-methyl/N-ethyl adjacent to an activating group) is 1. The van der Waals surface area contributed by atoms with E-state index in [0.717, 1.165) is 25.3 Å². The second kappa shape index (κ2) is 6.27. The number of nitrogens with zero attached hydrogens (tertiary/aromatic N) is 1. The van der Waals surface area contributed by atoms with E-state index in [2.05, 4.69) is 48.4 Å². The Balaban J connectivity index is 2.01. The highest BCUT2D eigenvalue weighted by atomic mass is 16.5. The average Bonchev–Trinajstić information content (AvgIpc) is 2.53. The first kappa shape index (κ1) is 14.1. The second-order valence-electron chi connectivity index (χ2n) is 5.55. The molecule has 2 aromatic rings. The Morgan fingerprint density at radius 3 is 3.00 bits per heavy atom. The minimum absolute atomic E-state index is 0.286. The van der Waals surface area contributed by atoms with Crippen molar-refractivity contribution in [3.8, 4) is 5.75 Å². The maximum atomic E-state index is 5.80. The van der Waals surface area contributed by atoms with Crippen molar-refractivity contribution < 1.29 is 4.74 Å². The van der Waals surface area contributed by atoms with Gasteiger partial charge in [0.25, 0.3) is 0 Å².